The molecule has 9 heteroatoms. The molecule has 1 aliphatic heterocycles. The number of rotatable bonds is 6. The van der Waals surface area contributed by atoms with Gasteiger partial charge in [0.1, 0.15) is 5.75 Å². The van der Waals surface area contributed by atoms with Gasteiger partial charge in [-0.15, -0.1) is 0 Å². The van der Waals surface area contributed by atoms with Crippen molar-refractivity contribution in [2.45, 2.75) is 25.3 Å². The van der Waals surface area contributed by atoms with E-state index in [2.05, 4.69) is 25.9 Å². The van der Waals surface area contributed by atoms with Crippen LogP contribution < -0.4 is 15.4 Å². The number of carbonyl (C=O) groups is 1. The van der Waals surface area contributed by atoms with Gasteiger partial charge in [0.15, 0.2) is 11.5 Å². The Balaban J connectivity index is 1.40. The normalized spacial score (nSPS) is 16.7. The van der Waals surface area contributed by atoms with E-state index in [9.17, 15) is 4.79 Å². The second-order valence-corrected chi connectivity index (χ2v) is 6.62. The van der Waals surface area contributed by atoms with Gasteiger partial charge in [0.25, 0.3) is 5.89 Å². The van der Waals surface area contributed by atoms with Crippen molar-refractivity contribution in [2.24, 2.45) is 0 Å². The molecule has 3 heterocycles. The number of hydrogen-bond acceptors (Lipinski definition) is 7. The number of benzene rings is 1. The zero-order chi connectivity index (χ0) is 19.3. The summed E-state index contributed by atoms with van der Waals surface area (Å²) < 4.78 is 12.5. The summed E-state index contributed by atoms with van der Waals surface area (Å²) in [5.41, 5.74) is 1.20. The Bertz CT molecular complexity index is 945. The first kappa shape index (κ1) is 18.2. The SMILES string of the molecule is COc1ccccc1NC(=O)Cc1noc(-c2ccn(C3CCCNC3)n2)n1. The van der Waals surface area contributed by atoms with Gasteiger partial charge in [-0.3, -0.25) is 9.48 Å². The van der Waals surface area contributed by atoms with E-state index in [0.29, 0.717) is 34.9 Å². The molecule has 1 saturated heterocycles. The second kappa shape index (κ2) is 8.22. The fourth-order valence-electron chi connectivity index (χ4n) is 3.23. The minimum Gasteiger partial charge on any atom is -0.495 e. The maximum Gasteiger partial charge on any atom is 0.278 e. The van der Waals surface area contributed by atoms with Crippen LogP contribution in [0.3, 0.4) is 0 Å². The number of ether oxygens (including phenoxy) is 1. The molecular weight excluding hydrogens is 360 g/mol. The molecule has 2 aromatic heterocycles. The number of nitrogens with zero attached hydrogens (tertiary/aromatic N) is 4. The monoisotopic (exact) mass is 382 g/mol. The number of methoxy groups -OCH3 is 1. The largest absolute Gasteiger partial charge is 0.495 e. The first-order chi connectivity index (χ1) is 13.7. The Morgan fingerprint density at radius 1 is 1.39 bits per heavy atom. The molecule has 1 atom stereocenters. The molecule has 4 rings (SSSR count). The van der Waals surface area contributed by atoms with Gasteiger partial charge >= 0.3 is 0 Å². The molecule has 28 heavy (non-hydrogen) atoms. The Morgan fingerprint density at radius 3 is 3.11 bits per heavy atom. The summed E-state index contributed by atoms with van der Waals surface area (Å²) in [5, 5.41) is 14.6. The van der Waals surface area contributed by atoms with Gasteiger partial charge in [0.2, 0.25) is 5.91 Å². The van der Waals surface area contributed by atoms with E-state index in [1.165, 1.54) is 0 Å². The second-order valence-electron chi connectivity index (χ2n) is 6.62. The molecule has 2 N–H and O–H groups in total. The van der Waals surface area contributed by atoms with Crippen molar-refractivity contribution < 1.29 is 14.1 Å². The first-order valence-corrected chi connectivity index (χ1v) is 9.24. The third-order valence-corrected chi connectivity index (χ3v) is 4.64. The molecule has 1 unspecified atom stereocenters. The van der Waals surface area contributed by atoms with E-state index >= 15 is 0 Å². The maximum absolute atomic E-state index is 12.3. The Morgan fingerprint density at radius 2 is 2.29 bits per heavy atom. The molecule has 1 aliphatic rings. The van der Waals surface area contributed by atoms with Crippen LogP contribution in [0.5, 0.6) is 5.75 Å². The Labute approximate surface area is 162 Å². The van der Waals surface area contributed by atoms with Gasteiger partial charge in [-0.25, -0.2) is 0 Å². The minimum absolute atomic E-state index is 0.00516. The summed E-state index contributed by atoms with van der Waals surface area (Å²) in [7, 11) is 1.55. The average Bonchev–Trinajstić information content (AvgIpc) is 3.38. The van der Waals surface area contributed by atoms with Crippen LogP contribution in [0.15, 0.2) is 41.1 Å². The van der Waals surface area contributed by atoms with E-state index in [-0.39, 0.29) is 12.3 Å². The third kappa shape index (κ3) is 4.04. The third-order valence-electron chi connectivity index (χ3n) is 4.64. The molecular formula is C19H22N6O3. The van der Waals surface area contributed by atoms with Gasteiger partial charge in [-0.05, 0) is 37.6 Å². The highest BCUT2D eigenvalue weighted by Crippen LogP contribution is 2.23. The van der Waals surface area contributed by atoms with Crippen molar-refractivity contribution in [2.75, 3.05) is 25.5 Å². The zero-order valence-corrected chi connectivity index (χ0v) is 15.6. The molecule has 1 amide bonds. The summed E-state index contributed by atoms with van der Waals surface area (Å²) in [5.74, 6) is 0.946. The molecule has 0 aliphatic carbocycles. The highest BCUT2D eigenvalue weighted by molar-refractivity contribution is 5.93. The lowest BCUT2D eigenvalue weighted by Crippen LogP contribution is -2.31. The smallest absolute Gasteiger partial charge is 0.278 e. The van der Waals surface area contributed by atoms with Crippen LogP contribution in [0.2, 0.25) is 0 Å². The number of anilines is 1. The van der Waals surface area contributed by atoms with E-state index < -0.39 is 0 Å². The number of nitrogens with one attached hydrogen (secondary N) is 2. The molecule has 0 bridgehead atoms. The number of hydrogen-bond donors (Lipinski definition) is 2. The molecule has 146 valence electrons. The van der Waals surface area contributed by atoms with Crippen LogP contribution in [0.25, 0.3) is 11.6 Å². The molecule has 3 aromatic rings. The molecule has 1 aromatic carbocycles. The van der Waals surface area contributed by atoms with E-state index in [0.717, 1.165) is 25.9 Å². The van der Waals surface area contributed by atoms with Crippen molar-refractivity contribution in [3.8, 4) is 17.3 Å². The van der Waals surface area contributed by atoms with E-state index in [4.69, 9.17) is 9.26 Å². The van der Waals surface area contributed by atoms with Gasteiger partial charge in [0.05, 0.1) is 25.3 Å². The molecule has 0 spiro atoms. The summed E-state index contributed by atoms with van der Waals surface area (Å²) in [6, 6.07) is 9.38. The van der Waals surface area contributed by atoms with Crippen LogP contribution in [0.4, 0.5) is 5.69 Å². The lowest BCUT2D eigenvalue weighted by molar-refractivity contribution is -0.115. The van der Waals surface area contributed by atoms with Crippen molar-refractivity contribution in [1.29, 1.82) is 0 Å². The maximum atomic E-state index is 12.3. The lowest BCUT2D eigenvalue weighted by Gasteiger charge is -2.22. The van der Waals surface area contributed by atoms with Crippen molar-refractivity contribution in [1.82, 2.24) is 25.2 Å². The fourth-order valence-corrected chi connectivity index (χ4v) is 3.23. The average molecular weight is 382 g/mol. The topological polar surface area (TPSA) is 107 Å². The van der Waals surface area contributed by atoms with Gasteiger partial charge in [-0.2, -0.15) is 10.1 Å². The Hall–Kier alpha value is -3.20. The van der Waals surface area contributed by atoms with Crippen LogP contribution in [0.1, 0.15) is 24.7 Å². The van der Waals surface area contributed by atoms with Crippen LogP contribution in [-0.2, 0) is 11.2 Å². The number of piperidine rings is 1. The van der Waals surface area contributed by atoms with Crippen molar-refractivity contribution in [3.63, 3.8) is 0 Å². The number of para-hydroxylation sites is 2. The predicted molar refractivity (Wildman–Crippen MR) is 102 cm³/mol. The van der Waals surface area contributed by atoms with Crippen LogP contribution in [-0.4, -0.2) is 46.0 Å². The summed E-state index contributed by atoms with van der Waals surface area (Å²) in [4.78, 5) is 16.6. The molecule has 0 saturated carbocycles. The number of amides is 1. The first-order valence-electron chi connectivity index (χ1n) is 9.24. The summed E-state index contributed by atoms with van der Waals surface area (Å²) >= 11 is 0. The molecule has 0 radical (unpaired) electrons. The van der Waals surface area contributed by atoms with Gasteiger partial charge in [0, 0.05) is 12.7 Å². The van der Waals surface area contributed by atoms with Crippen LogP contribution in [0, 0.1) is 0 Å². The predicted octanol–water partition coefficient (Wildman–Crippen LogP) is 2.05. The van der Waals surface area contributed by atoms with Crippen molar-refractivity contribution in [3.05, 3.63) is 42.4 Å². The van der Waals surface area contributed by atoms with E-state index in [1.54, 1.807) is 19.2 Å². The fraction of sp³-hybridized carbons (Fsp3) is 0.368. The highest BCUT2D eigenvalue weighted by atomic mass is 16.5. The van der Waals surface area contributed by atoms with Crippen molar-refractivity contribution >= 4 is 11.6 Å². The van der Waals surface area contributed by atoms with Crippen LogP contribution >= 0.6 is 0 Å². The highest BCUT2D eigenvalue weighted by Gasteiger charge is 2.19. The molecule has 9 nitrogen and oxygen atoms in total. The number of carbonyl (C=O) groups excluding carboxylic acids is 1. The number of aromatic nitrogens is 4. The summed E-state index contributed by atoms with van der Waals surface area (Å²) in [6.07, 6.45) is 4.14. The lowest BCUT2D eigenvalue weighted by atomic mass is 10.1. The minimum atomic E-state index is -0.254. The quantitative estimate of drug-likeness (QED) is 0.672. The zero-order valence-electron chi connectivity index (χ0n) is 15.6. The van der Waals surface area contributed by atoms with E-state index in [1.807, 2.05) is 29.1 Å². The summed E-state index contributed by atoms with van der Waals surface area (Å²) in [6.45, 7) is 1.95. The van der Waals surface area contributed by atoms with Gasteiger partial charge < -0.3 is 19.9 Å². The standard InChI is InChI=1S/C19H22N6O3/c1-27-16-7-3-2-6-14(16)21-18(26)11-17-22-19(28-24-17)15-8-10-25(23-15)13-5-4-9-20-12-13/h2-3,6-8,10,13,20H,4-5,9,11-12H2,1H3,(H,21,26). The molecule has 1 fully saturated rings. The Kier molecular flexibility index (Phi) is 5.34. The van der Waals surface area contributed by atoms with Gasteiger partial charge in [-0.1, -0.05) is 17.3 Å².